The minimum Gasteiger partial charge on any atom is -0.375 e. The van der Waals surface area contributed by atoms with E-state index >= 15 is 0 Å². The lowest BCUT2D eigenvalue weighted by atomic mass is 10.1. The van der Waals surface area contributed by atoms with Gasteiger partial charge in [0.15, 0.2) is 9.84 Å². The molecule has 3 aliphatic heterocycles. The molecule has 0 radical (unpaired) electrons. The Morgan fingerprint density at radius 1 is 1.21 bits per heavy atom. The first-order valence-corrected chi connectivity index (χ1v) is 15.4. The van der Waals surface area contributed by atoms with Crippen LogP contribution in [0, 0.1) is 0 Å². The van der Waals surface area contributed by atoms with Gasteiger partial charge in [0.25, 0.3) is 0 Å². The summed E-state index contributed by atoms with van der Waals surface area (Å²) >= 11 is 0.947. The number of aryl methyl sites for hydroxylation is 1. The molecule has 0 amide bonds. The molecule has 2 N–H and O–H groups in total. The van der Waals surface area contributed by atoms with E-state index in [-0.39, 0.29) is 40.4 Å². The third-order valence-corrected chi connectivity index (χ3v) is 10.4. The zero-order chi connectivity index (χ0) is 27.4. The Kier molecular flexibility index (Phi) is 6.81. The van der Waals surface area contributed by atoms with Crippen molar-refractivity contribution in [3.05, 3.63) is 46.5 Å². The lowest BCUT2D eigenvalue weighted by Gasteiger charge is -2.35. The number of aromatic nitrogens is 2. The number of rotatable bonds is 5. The summed E-state index contributed by atoms with van der Waals surface area (Å²) < 4.78 is 72.5. The molecule has 0 saturated carbocycles. The number of benzene rings is 1. The van der Waals surface area contributed by atoms with Gasteiger partial charge in [-0.3, -0.25) is 0 Å². The molecule has 3 aliphatic rings. The lowest BCUT2D eigenvalue weighted by molar-refractivity contribution is -0.137. The van der Waals surface area contributed by atoms with Crippen molar-refractivity contribution in [3.8, 4) is 10.6 Å². The summed E-state index contributed by atoms with van der Waals surface area (Å²) in [7, 11) is -3.66. The minimum atomic E-state index is -4.72. The third-order valence-electron chi connectivity index (χ3n) is 7.46. The average Bonchev–Trinajstić information content (AvgIpc) is 3.45. The monoisotopic (exact) mass is 579 g/mol. The molecular formula is C26H28F3N5O3S2. The number of piperazine rings is 1. The van der Waals surface area contributed by atoms with Crippen molar-refractivity contribution in [2.45, 2.75) is 55.9 Å². The van der Waals surface area contributed by atoms with Crippen molar-refractivity contribution in [1.29, 1.82) is 0 Å². The zero-order valence-corrected chi connectivity index (χ0v) is 22.8. The maximum absolute atomic E-state index is 13.9. The van der Waals surface area contributed by atoms with Gasteiger partial charge in [-0.15, -0.1) is 11.3 Å². The zero-order valence-electron chi connectivity index (χ0n) is 21.2. The molecule has 2 bridgehead atoms. The molecule has 1 aromatic carbocycles. The van der Waals surface area contributed by atoms with Gasteiger partial charge in [-0.1, -0.05) is 6.92 Å². The van der Waals surface area contributed by atoms with E-state index < -0.39 is 21.6 Å². The van der Waals surface area contributed by atoms with Gasteiger partial charge in [-0.05, 0) is 49.1 Å². The Morgan fingerprint density at radius 2 is 1.97 bits per heavy atom. The standard InChI is InChI=1S/C26H28F3N5O3S2/c1-2-15-9-18(34-12-16-3-4-17(13-34)31-16)5-6-20(15)32-25-30-11-19(26(27,28)29)24(33-25)21-10-23-22(38-21)14-37-7-8-39(23,35)36/h5-6,9-11,16-17,31H,2-4,7-8,12-14H2,1H3,(H,30,32,33). The first kappa shape index (κ1) is 26.5. The van der Waals surface area contributed by atoms with Crippen molar-refractivity contribution in [2.24, 2.45) is 0 Å². The van der Waals surface area contributed by atoms with Crippen molar-refractivity contribution in [3.63, 3.8) is 0 Å². The molecule has 39 heavy (non-hydrogen) atoms. The van der Waals surface area contributed by atoms with Gasteiger partial charge in [-0.2, -0.15) is 13.2 Å². The largest absolute Gasteiger partial charge is 0.420 e. The van der Waals surface area contributed by atoms with Crippen LogP contribution in [0.15, 0.2) is 35.4 Å². The number of thiophene rings is 1. The summed E-state index contributed by atoms with van der Waals surface area (Å²) in [5, 5.41) is 6.73. The fourth-order valence-electron chi connectivity index (χ4n) is 5.49. The maximum Gasteiger partial charge on any atom is 0.420 e. The van der Waals surface area contributed by atoms with Gasteiger partial charge in [0.1, 0.15) is 5.56 Å². The number of fused-ring (bicyclic) bond motifs is 3. The quantitative estimate of drug-likeness (QED) is 0.446. The fourth-order valence-corrected chi connectivity index (χ4v) is 8.33. The van der Waals surface area contributed by atoms with Gasteiger partial charge in [0.05, 0.1) is 34.4 Å². The number of ether oxygens (including phenoxy) is 1. The number of hydrogen-bond acceptors (Lipinski definition) is 9. The van der Waals surface area contributed by atoms with E-state index in [1.807, 2.05) is 19.1 Å². The summed E-state index contributed by atoms with van der Waals surface area (Å²) in [6.07, 6.45) is -0.902. The predicted molar refractivity (Wildman–Crippen MR) is 143 cm³/mol. The van der Waals surface area contributed by atoms with E-state index in [0.29, 0.717) is 29.1 Å². The number of anilines is 3. The van der Waals surface area contributed by atoms with Crippen molar-refractivity contribution >= 4 is 38.5 Å². The highest BCUT2D eigenvalue weighted by atomic mass is 32.2. The smallest absolute Gasteiger partial charge is 0.375 e. The number of hydrogen-bond donors (Lipinski definition) is 2. The van der Waals surface area contributed by atoms with Crippen LogP contribution in [0.2, 0.25) is 0 Å². The Hall–Kier alpha value is -2.74. The third kappa shape index (κ3) is 5.24. The maximum atomic E-state index is 13.9. The van der Waals surface area contributed by atoms with Gasteiger partial charge < -0.3 is 20.3 Å². The van der Waals surface area contributed by atoms with Crippen LogP contribution in [0.3, 0.4) is 0 Å². The number of halogens is 3. The molecule has 0 spiro atoms. The SMILES string of the molecule is CCc1cc(N2CC3CCC(C2)N3)ccc1Nc1ncc(C(F)(F)F)c(-c2cc3c(s2)COCCS3(=O)=O)n1. The molecule has 2 aromatic heterocycles. The van der Waals surface area contributed by atoms with Crippen LogP contribution in [0.25, 0.3) is 10.6 Å². The average molecular weight is 580 g/mol. The van der Waals surface area contributed by atoms with E-state index in [1.54, 1.807) is 0 Å². The van der Waals surface area contributed by atoms with Crippen molar-refractivity contribution < 1.29 is 26.3 Å². The summed E-state index contributed by atoms with van der Waals surface area (Å²) in [5.74, 6) is -0.215. The van der Waals surface area contributed by atoms with E-state index in [0.717, 1.165) is 41.9 Å². The number of nitrogens with one attached hydrogen (secondary N) is 2. The van der Waals surface area contributed by atoms with Crippen LogP contribution in [0.5, 0.6) is 0 Å². The Morgan fingerprint density at radius 3 is 2.69 bits per heavy atom. The number of alkyl halides is 3. The molecule has 0 aliphatic carbocycles. The molecule has 13 heteroatoms. The second kappa shape index (κ2) is 10.0. The molecular weight excluding hydrogens is 551 g/mol. The highest BCUT2D eigenvalue weighted by molar-refractivity contribution is 7.91. The van der Waals surface area contributed by atoms with Gasteiger partial charge >= 0.3 is 6.18 Å². The van der Waals surface area contributed by atoms with Crippen LogP contribution in [0.1, 0.15) is 35.8 Å². The molecule has 5 heterocycles. The molecule has 3 aromatic rings. The second-order valence-corrected chi connectivity index (χ2v) is 13.3. The topological polar surface area (TPSA) is 96.5 Å². The molecule has 6 rings (SSSR count). The Balaban J connectivity index is 1.33. The molecule has 2 fully saturated rings. The molecule has 2 atom stereocenters. The predicted octanol–water partition coefficient (Wildman–Crippen LogP) is 4.77. The highest BCUT2D eigenvalue weighted by Crippen LogP contribution is 2.42. The van der Waals surface area contributed by atoms with Crippen LogP contribution in [-0.4, -0.2) is 55.9 Å². The van der Waals surface area contributed by atoms with Crippen LogP contribution in [0.4, 0.5) is 30.5 Å². The highest BCUT2D eigenvalue weighted by Gasteiger charge is 2.37. The minimum absolute atomic E-state index is 0.00312. The number of sulfone groups is 1. The lowest BCUT2D eigenvalue weighted by Crippen LogP contribution is -2.51. The van der Waals surface area contributed by atoms with E-state index in [2.05, 4.69) is 31.6 Å². The normalized spacial score (nSPS) is 22.4. The fraction of sp³-hybridized carbons (Fsp3) is 0.462. The summed E-state index contributed by atoms with van der Waals surface area (Å²) in [6, 6.07) is 8.31. The Labute approximate surface area is 228 Å². The summed E-state index contributed by atoms with van der Waals surface area (Å²) in [6.45, 7) is 3.99. The van der Waals surface area contributed by atoms with Crippen molar-refractivity contribution in [2.75, 3.05) is 35.7 Å². The van der Waals surface area contributed by atoms with Gasteiger partial charge in [0.2, 0.25) is 5.95 Å². The van der Waals surface area contributed by atoms with E-state index in [1.165, 1.54) is 18.9 Å². The van der Waals surface area contributed by atoms with Crippen molar-refractivity contribution in [1.82, 2.24) is 15.3 Å². The molecule has 2 unspecified atom stereocenters. The van der Waals surface area contributed by atoms with E-state index in [9.17, 15) is 21.6 Å². The van der Waals surface area contributed by atoms with Crippen LogP contribution in [-0.2, 0) is 33.8 Å². The summed E-state index contributed by atoms with van der Waals surface area (Å²) in [5.41, 5.74) is 1.44. The van der Waals surface area contributed by atoms with Crippen LogP contribution >= 0.6 is 11.3 Å². The second-order valence-electron chi connectivity index (χ2n) is 10.1. The van der Waals surface area contributed by atoms with Gasteiger partial charge in [0, 0.05) is 47.6 Å². The van der Waals surface area contributed by atoms with E-state index in [4.69, 9.17) is 4.74 Å². The molecule has 8 nitrogen and oxygen atoms in total. The van der Waals surface area contributed by atoms with Crippen LogP contribution < -0.4 is 15.5 Å². The molecule has 208 valence electrons. The first-order valence-electron chi connectivity index (χ1n) is 12.9. The number of nitrogens with zero attached hydrogens (tertiary/aromatic N) is 3. The molecule has 2 saturated heterocycles. The first-order chi connectivity index (χ1) is 18.6. The Bertz CT molecular complexity index is 1500. The summed E-state index contributed by atoms with van der Waals surface area (Å²) in [4.78, 5) is 11.1. The van der Waals surface area contributed by atoms with Gasteiger partial charge in [-0.25, -0.2) is 18.4 Å².